The molecule has 0 saturated heterocycles. The second-order valence-electron chi connectivity index (χ2n) is 5.60. The van der Waals surface area contributed by atoms with E-state index < -0.39 is 18.0 Å². The summed E-state index contributed by atoms with van der Waals surface area (Å²) in [6, 6.07) is 2.01. The molecule has 0 amide bonds. The van der Waals surface area contributed by atoms with Crippen molar-refractivity contribution in [2.24, 2.45) is 0 Å². The second kappa shape index (κ2) is 6.24. The lowest BCUT2D eigenvalue weighted by Crippen LogP contribution is -2.22. The molecule has 0 radical (unpaired) electrons. The lowest BCUT2D eigenvalue weighted by Gasteiger charge is -2.31. The Morgan fingerprint density at radius 1 is 1.12 bits per heavy atom. The predicted octanol–water partition coefficient (Wildman–Crippen LogP) is 4.37. The molecule has 0 heterocycles. The molecule has 0 aromatic rings. The molecule has 0 aliphatic heterocycles. The molecule has 0 bridgehead atoms. The molecule has 0 unspecified atom stereocenters. The maximum Gasteiger partial charge on any atom is 0.390 e. The molecule has 4 nitrogen and oxygen atoms in total. The second-order valence-corrected chi connectivity index (χ2v) is 9.64. The van der Waals surface area contributed by atoms with Gasteiger partial charge in [-0.3, -0.25) is 9.05 Å². The van der Waals surface area contributed by atoms with Gasteiger partial charge in [-0.05, 0) is 52.9 Å². The van der Waals surface area contributed by atoms with E-state index in [1.165, 1.54) is 0 Å². The van der Waals surface area contributed by atoms with Crippen LogP contribution in [0.15, 0.2) is 0 Å². The monoisotopic (exact) mass is 279 g/mol. The predicted molar refractivity (Wildman–Crippen MR) is 72.0 cm³/mol. The highest BCUT2D eigenvalue weighted by atomic mass is 32.7. The first-order valence-electron chi connectivity index (χ1n) is 5.50. The Morgan fingerprint density at radius 2 is 1.53 bits per heavy atom. The average Bonchev–Trinajstić information content (AvgIpc) is 1.96. The lowest BCUT2D eigenvalue weighted by molar-refractivity contribution is 0.0592. The Hall–Kier alpha value is -0.01000. The van der Waals surface area contributed by atoms with Gasteiger partial charge in [0.15, 0.2) is 0 Å². The van der Waals surface area contributed by atoms with Gasteiger partial charge in [0.05, 0.1) is 17.3 Å². The lowest BCUT2D eigenvalue weighted by atomic mass is 10.2. The highest BCUT2D eigenvalue weighted by molar-refractivity contribution is 8.55. The molecular weight excluding hydrogens is 257 g/mol. The zero-order chi connectivity index (χ0) is 13.7. The van der Waals surface area contributed by atoms with E-state index >= 15 is 0 Å². The minimum absolute atomic E-state index is 0.329. The van der Waals surface area contributed by atoms with Crippen LogP contribution in [0.5, 0.6) is 0 Å². The fourth-order valence-corrected chi connectivity index (χ4v) is 5.44. The fraction of sp³-hybridized carbons (Fsp3) is 0.909. The maximum atomic E-state index is 12.5. The van der Waals surface area contributed by atoms with Crippen LogP contribution >= 0.6 is 18.2 Å². The van der Waals surface area contributed by atoms with Crippen LogP contribution in [0.1, 0.15) is 48.0 Å². The summed E-state index contributed by atoms with van der Waals surface area (Å²) in [6.07, 6.45) is 0.329. The first kappa shape index (κ1) is 17.0. The van der Waals surface area contributed by atoms with Crippen molar-refractivity contribution in [1.29, 1.82) is 5.26 Å². The summed E-state index contributed by atoms with van der Waals surface area (Å²) in [6.45, 7) is 7.75. The smallest absolute Gasteiger partial charge is 0.295 e. The van der Waals surface area contributed by atoms with Gasteiger partial charge in [-0.25, -0.2) is 4.57 Å². The van der Waals surface area contributed by atoms with Crippen molar-refractivity contribution in [2.75, 3.05) is 5.75 Å². The van der Waals surface area contributed by atoms with Crippen LogP contribution in [-0.2, 0) is 13.6 Å². The first-order chi connectivity index (χ1) is 7.47. The Bertz CT molecular complexity index is 305. The number of nitriles is 1. The van der Waals surface area contributed by atoms with Crippen LogP contribution in [0, 0.1) is 11.3 Å². The Kier molecular flexibility index (Phi) is 6.24. The van der Waals surface area contributed by atoms with E-state index in [0.717, 1.165) is 11.4 Å². The third-order valence-corrected chi connectivity index (χ3v) is 5.42. The molecule has 0 spiro atoms. The van der Waals surface area contributed by atoms with Crippen LogP contribution in [-0.4, -0.2) is 17.0 Å². The van der Waals surface area contributed by atoms with Gasteiger partial charge in [0.2, 0.25) is 0 Å². The van der Waals surface area contributed by atoms with Crippen molar-refractivity contribution in [3.8, 4) is 6.07 Å². The van der Waals surface area contributed by atoms with E-state index in [2.05, 4.69) is 0 Å². The summed E-state index contributed by atoms with van der Waals surface area (Å²) >= 11 is 1.09. The van der Waals surface area contributed by atoms with Crippen LogP contribution in [0.3, 0.4) is 0 Å². The largest absolute Gasteiger partial charge is 0.390 e. The van der Waals surface area contributed by atoms with Crippen molar-refractivity contribution in [1.82, 2.24) is 0 Å². The summed E-state index contributed by atoms with van der Waals surface area (Å²) in [7, 11) is 0. The van der Waals surface area contributed by atoms with Gasteiger partial charge in [-0.1, -0.05) is 0 Å². The highest BCUT2D eigenvalue weighted by Crippen LogP contribution is 2.64. The molecule has 6 heteroatoms. The third kappa shape index (κ3) is 9.67. The van der Waals surface area contributed by atoms with E-state index in [0.29, 0.717) is 12.2 Å². The summed E-state index contributed by atoms with van der Waals surface area (Å²) in [5.41, 5.74) is -1.08. The molecule has 0 aromatic heterocycles. The first-order valence-corrected chi connectivity index (χ1v) is 8.64. The molecule has 0 saturated carbocycles. The maximum absolute atomic E-state index is 12.5. The molecule has 0 aliphatic rings. The number of hydrogen-bond donors (Lipinski definition) is 0. The topological polar surface area (TPSA) is 59.3 Å². The van der Waals surface area contributed by atoms with Gasteiger partial charge in [0, 0.05) is 12.2 Å². The Balaban J connectivity index is 4.71. The molecule has 0 atom stereocenters. The summed E-state index contributed by atoms with van der Waals surface area (Å²) in [5.74, 6) is 0.444. The third-order valence-electron chi connectivity index (χ3n) is 1.23. The number of rotatable bonds is 5. The van der Waals surface area contributed by atoms with Crippen LogP contribution in [0.2, 0.25) is 0 Å². The molecule has 0 N–H and O–H groups in total. The summed E-state index contributed by atoms with van der Waals surface area (Å²) in [4.78, 5) is 0. The zero-order valence-corrected chi connectivity index (χ0v) is 13.2. The molecule has 17 heavy (non-hydrogen) atoms. The van der Waals surface area contributed by atoms with Gasteiger partial charge in [0.25, 0.3) is 0 Å². The summed E-state index contributed by atoms with van der Waals surface area (Å²) < 4.78 is 23.6. The van der Waals surface area contributed by atoms with Gasteiger partial charge < -0.3 is 0 Å². The van der Waals surface area contributed by atoms with Crippen LogP contribution in [0.4, 0.5) is 0 Å². The molecule has 0 aliphatic carbocycles. The van der Waals surface area contributed by atoms with Crippen molar-refractivity contribution < 1.29 is 13.6 Å². The molecule has 0 fully saturated rings. The van der Waals surface area contributed by atoms with Crippen molar-refractivity contribution >= 4 is 18.2 Å². The SMILES string of the molecule is CC(C)(C)OP(=O)(OC(C)(C)C)SCCC#N. The van der Waals surface area contributed by atoms with Crippen molar-refractivity contribution in [2.45, 2.75) is 59.2 Å². The van der Waals surface area contributed by atoms with E-state index in [-0.39, 0.29) is 0 Å². The van der Waals surface area contributed by atoms with E-state index in [9.17, 15) is 4.57 Å². The van der Waals surface area contributed by atoms with Crippen LogP contribution in [0.25, 0.3) is 0 Å². The van der Waals surface area contributed by atoms with Crippen LogP contribution < -0.4 is 0 Å². The van der Waals surface area contributed by atoms with E-state index in [1.807, 2.05) is 47.6 Å². The Morgan fingerprint density at radius 3 is 1.82 bits per heavy atom. The van der Waals surface area contributed by atoms with Gasteiger partial charge in [-0.15, -0.1) is 0 Å². The summed E-state index contributed by atoms with van der Waals surface area (Å²) in [5, 5.41) is 8.49. The zero-order valence-electron chi connectivity index (χ0n) is 11.4. The van der Waals surface area contributed by atoms with E-state index in [4.69, 9.17) is 14.3 Å². The minimum Gasteiger partial charge on any atom is -0.295 e. The van der Waals surface area contributed by atoms with Gasteiger partial charge >= 0.3 is 6.80 Å². The molecule has 100 valence electrons. The number of nitrogens with zero attached hydrogens (tertiary/aromatic N) is 1. The van der Waals surface area contributed by atoms with Crippen molar-refractivity contribution in [3.63, 3.8) is 0 Å². The minimum atomic E-state index is -3.23. The standard InChI is InChI=1S/C11H22NO3PS/c1-10(2,3)14-16(13,15-11(4,5)6)17-9-7-8-12/h7,9H2,1-6H3. The van der Waals surface area contributed by atoms with Gasteiger partial charge in [0.1, 0.15) is 0 Å². The molecule has 0 rings (SSSR count). The van der Waals surface area contributed by atoms with Crippen molar-refractivity contribution in [3.05, 3.63) is 0 Å². The molecule has 0 aromatic carbocycles. The average molecular weight is 279 g/mol. The highest BCUT2D eigenvalue weighted by Gasteiger charge is 2.35. The molecular formula is C11H22NO3PS. The fourth-order valence-electron chi connectivity index (χ4n) is 0.945. The Labute approximate surface area is 108 Å². The van der Waals surface area contributed by atoms with Gasteiger partial charge in [-0.2, -0.15) is 5.26 Å². The van der Waals surface area contributed by atoms with E-state index in [1.54, 1.807) is 0 Å². The number of hydrogen-bond acceptors (Lipinski definition) is 5. The quantitative estimate of drug-likeness (QED) is 0.552. The normalized spacial score (nSPS) is 13.5.